The molecular weight excluding hydrogens is 131 g/mol. The van der Waals surface area contributed by atoms with E-state index in [-0.39, 0.29) is 16.5 Å². The summed E-state index contributed by atoms with van der Waals surface area (Å²) in [7, 11) is 0. The summed E-state index contributed by atoms with van der Waals surface area (Å²) in [5.41, 5.74) is 1.34. The van der Waals surface area contributed by atoms with Crippen molar-refractivity contribution in [2.45, 2.75) is 6.92 Å². The summed E-state index contributed by atoms with van der Waals surface area (Å²) in [5.74, 6) is 0. The topological polar surface area (TPSA) is 0 Å². The van der Waals surface area contributed by atoms with Gasteiger partial charge in [0, 0.05) is 16.5 Å². The van der Waals surface area contributed by atoms with Crippen molar-refractivity contribution in [1.29, 1.82) is 0 Å². The first-order valence-electron chi connectivity index (χ1n) is 2.08. The van der Waals surface area contributed by atoms with Crippen LogP contribution in [0.3, 0.4) is 0 Å². The van der Waals surface area contributed by atoms with Crippen molar-refractivity contribution in [3.63, 3.8) is 0 Å². The summed E-state index contributed by atoms with van der Waals surface area (Å²) in [6.45, 7) is 2.08. The zero-order valence-corrected chi connectivity index (χ0v) is 5.11. The fourth-order valence-electron chi connectivity index (χ4n) is 0.470. The quantitative estimate of drug-likeness (QED) is 0.378. The Morgan fingerprint density at radius 3 is 1.71 bits per heavy atom. The predicted octanol–water partition coefficient (Wildman–Crippen LogP) is 1.71. The monoisotopic (exact) mass is 137 g/mol. The van der Waals surface area contributed by atoms with Crippen LogP contribution in [0.1, 0.15) is 5.56 Å². The van der Waals surface area contributed by atoms with E-state index in [9.17, 15) is 0 Å². The van der Waals surface area contributed by atoms with Gasteiger partial charge in [-0.2, -0.15) is 17.7 Å². The molecule has 0 aliphatic heterocycles. The Morgan fingerprint density at radius 2 is 1.57 bits per heavy atom. The summed E-state index contributed by atoms with van der Waals surface area (Å²) in [5, 5.41) is 0. The Balaban J connectivity index is 0.000000360. The van der Waals surface area contributed by atoms with Crippen molar-refractivity contribution >= 4 is 0 Å². The minimum Gasteiger partial charge on any atom is -0.213 e. The Hall–Kier alpha value is -0.156. The molecule has 0 fully saturated rings. The van der Waals surface area contributed by atoms with Gasteiger partial charge >= 0.3 is 0 Å². The Labute approximate surface area is 53.8 Å². The van der Waals surface area contributed by atoms with Crippen LogP contribution in [0.4, 0.5) is 0 Å². The molecule has 0 N–H and O–H groups in total. The number of aryl methyl sites for hydroxylation is 1. The summed E-state index contributed by atoms with van der Waals surface area (Å²) >= 11 is 0. The first-order chi connectivity index (χ1) is 2.89. The third kappa shape index (κ3) is 1.84. The molecule has 0 unspecified atom stereocenters. The van der Waals surface area contributed by atoms with Crippen molar-refractivity contribution in [2.75, 3.05) is 0 Å². The van der Waals surface area contributed by atoms with Crippen molar-refractivity contribution < 1.29 is 16.5 Å². The van der Waals surface area contributed by atoms with Crippen LogP contribution in [0.5, 0.6) is 0 Å². The van der Waals surface area contributed by atoms with E-state index >= 15 is 0 Å². The zero-order valence-electron chi connectivity index (χ0n) is 4.13. The van der Waals surface area contributed by atoms with Gasteiger partial charge in [0.1, 0.15) is 0 Å². The van der Waals surface area contributed by atoms with Crippen LogP contribution >= 0.6 is 0 Å². The second-order valence-corrected chi connectivity index (χ2v) is 1.46. The molecule has 42 valence electrons. The maximum atomic E-state index is 2.08. The SMILES string of the molecule is C[c-]1cccc1.[Ni]. The maximum Gasteiger partial charge on any atom is 0 e. The smallest absolute Gasteiger partial charge is 0 e. The second kappa shape index (κ2) is 2.93. The average molecular weight is 138 g/mol. The van der Waals surface area contributed by atoms with Crippen LogP contribution in [0.2, 0.25) is 0 Å². The van der Waals surface area contributed by atoms with E-state index in [1.807, 2.05) is 12.1 Å². The molecule has 0 spiro atoms. The van der Waals surface area contributed by atoms with Crippen LogP contribution in [0.25, 0.3) is 0 Å². The van der Waals surface area contributed by atoms with Crippen LogP contribution in [-0.2, 0) is 16.5 Å². The molecule has 0 aliphatic rings. The summed E-state index contributed by atoms with van der Waals surface area (Å²) in [6, 6.07) is 8.24. The van der Waals surface area contributed by atoms with Crippen molar-refractivity contribution in [3.05, 3.63) is 29.8 Å². The first-order valence-corrected chi connectivity index (χ1v) is 2.08. The van der Waals surface area contributed by atoms with E-state index in [2.05, 4.69) is 19.1 Å². The second-order valence-electron chi connectivity index (χ2n) is 1.46. The molecule has 1 aromatic rings. The molecular formula is C6H7Ni-. The molecule has 1 rings (SSSR count). The summed E-state index contributed by atoms with van der Waals surface area (Å²) in [4.78, 5) is 0. The Bertz CT molecular complexity index is 108. The van der Waals surface area contributed by atoms with Crippen LogP contribution in [0, 0.1) is 6.92 Å². The number of rotatable bonds is 0. The molecule has 0 bridgehead atoms. The largest absolute Gasteiger partial charge is 0.213 e. The minimum absolute atomic E-state index is 0. The van der Waals surface area contributed by atoms with Crippen molar-refractivity contribution in [2.24, 2.45) is 0 Å². The maximum absolute atomic E-state index is 2.08. The number of hydrogen-bond acceptors (Lipinski definition) is 0. The van der Waals surface area contributed by atoms with E-state index in [1.54, 1.807) is 0 Å². The Kier molecular flexibility index (Phi) is 2.86. The van der Waals surface area contributed by atoms with Crippen LogP contribution < -0.4 is 0 Å². The van der Waals surface area contributed by atoms with E-state index < -0.39 is 0 Å². The zero-order chi connectivity index (χ0) is 4.41. The van der Waals surface area contributed by atoms with Gasteiger partial charge in [0.15, 0.2) is 0 Å². The normalized spacial score (nSPS) is 7.57. The molecule has 0 aromatic heterocycles. The van der Waals surface area contributed by atoms with Gasteiger partial charge in [-0.25, -0.2) is 12.1 Å². The summed E-state index contributed by atoms with van der Waals surface area (Å²) < 4.78 is 0. The van der Waals surface area contributed by atoms with E-state index in [0.29, 0.717) is 0 Å². The van der Waals surface area contributed by atoms with Crippen molar-refractivity contribution in [3.8, 4) is 0 Å². The number of hydrogen-bond donors (Lipinski definition) is 0. The molecule has 0 radical (unpaired) electrons. The summed E-state index contributed by atoms with van der Waals surface area (Å²) in [6.07, 6.45) is 0. The van der Waals surface area contributed by atoms with Crippen LogP contribution in [0.15, 0.2) is 24.3 Å². The minimum atomic E-state index is 0. The molecule has 1 heteroatoms. The predicted molar refractivity (Wildman–Crippen MR) is 26.8 cm³/mol. The van der Waals surface area contributed by atoms with E-state index in [1.165, 1.54) is 5.56 Å². The molecule has 0 amide bonds. The molecule has 0 heterocycles. The van der Waals surface area contributed by atoms with Gasteiger partial charge in [-0.05, 0) is 0 Å². The van der Waals surface area contributed by atoms with Gasteiger partial charge in [0.2, 0.25) is 0 Å². The molecule has 7 heavy (non-hydrogen) atoms. The fourth-order valence-corrected chi connectivity index (χ4v) is 0.470. The third-order valence-corrected chi connectivity index (χ3v) is 0.829. The third-order valence-electron chi connectivity index (χ3n) is 0.829. The van der Waals surface area contributed by atoms with Gasteiger partial charge in [0.05, 0.1) is 0 Å². The fraction of sp³-hybridized carbons (Fsp3) is 0.167. The van der Waals surface area contributed by atoms with E-state index in [0.717, 1.165) is 0 Å². The molecule has 0 nitrogen and oxygen atoms in total. The molecule has 0 saturated carbocycles. The first kappa shape index (κ1) is 6.84. The molecule has 1 aromatic carbocycles. The standard InChI is InChI=1S/C6H7.Ni/c1-6-4-2-3-5-6;/h2-5H,1H3;/q-1;. The van der Waals surface area contributed by atoms with E-state index in [4.69, 9.17) is 0 Å². The average Bonchev–Trinajstić information content (AvgIpc) is 1.86. The van der Waals surface area contributed by atoms with Gasteiger partial charge in [-0.1, -0.05) is 6.92 Å². The molecule has 0 aliphatic carbocycles. The van der Waals surface area contributed by atoms with Crippen molar-refractivity contribution in [1.82, 2.24) is 0 Å². The van der Waals surface area contributed by atoms with Gasteiger partial charge in [0.25, 0.3) is 0 Å². The van der Waals surface area contributed by atoms with Gasteiger partial charge in [-0.3, -0.25) is 0 Å². The molecule has 0 saturated heterocycles. The van der Waals surface area contributed by atoms with Gasteiger partial charge in [-0.15, -0.1) is 0 Å². The Morgan fingerprint density at radius 1 is 1.14 bits per heavy atom. The molecule has 0 atom stereocenters. The van der Waals surface area contributed by atoms with Gasteiger partial charge < -0.3 is 0 Å². The van der Waals surface area contributed by atoms with Crippen LogP contribution in [-0.4, -0.2) is 0 Å².